The molecule has 7 nitrogen and oxygen atoms in total. The molecule has 1 aliphatic heterocycles. The fraction of sp³-hybridized carbons (Fsp3) is 0.389. The lowest BCUT2D eigenvalue weighted by Crippen LogP contribution is -2.52. The fourth-order valence-electron chi connectivity index (χ4n) is 3.35. The van der Waals surface area contributed by atoms with Crippen LogP contribution < -0.4 is 15.4 Å². The number of carbonyl (C=O) groups excluding carboxylic acids is 1. The molecule has 27 heavy (non-hydrogen) atoms. The lowest BCUT2D eigenvalue weighted by Gasteiger charge is -2.36. The second-order valence-corrected chi connectivity index (χ2v) is 7.30. The number of carbonyl (C=O) groups is 1. The first-order valence-electron chi connectivity index (χ1n) is 8.77. The monoisotopic (exact) mass is 407 g/mol. The minimum atomic E-state index is -0.677. The highest BCUT2D eigenvalue weighted by Crippen LogP contribution is 2.32. The molecule has 0 bridgehead atoms. The van der Waals surface area contributed by atoms with Crippen molar-refractivity contribution in [3.05, 3.63) is 36.7 Å². The number of fused-ring (bicyclic) bond motifs is 1. The molecule has 4 rings (SSSR count). The van der Waals surface area contributed by atoms with Crippen LogP contribution in [0, 0.1) is 0 Å². The number of hydrogen-bond acceptors (Lipinski definition) is 6. The molecule has 3 aromatic rings. The standard InChI is InChI=1S/C18H21N5O2S.ClH/c1-2-25-13-4-5-14-15(12-13)26-17(21-14)22-16(24)18(6-9-19-10-7-18)23-11-3-8-20-23;/h3-5,8,11-12,19H,2,6-7,9-10H2,1H3,(H,21,22,24);1H. The van der Waals surface area contributed by atoms with E-state index in [1.807, 2.05) is 37.4 Å². The van der Waals surface area contributed by atoms with Crippen molar-refractivity contribution in [1.29, 1.82) is 0 Å². The van der Waals surface area contributed by atoms with Crippen LogP contribution in [0.2, 0.25) is 0 Å². The highest BCUT2D eigenvalue weighted by atomic mass is 35.5. The van der Waals surface area contributed by atoms with Gasteiger partial charge in [-0.15, -0.1) is 12.4 Å². The molecule has 0 unspecified atom stereocenters. The van der Waals surface area contributed by atoms with E-state index < -0.39 is 5.54 Å². The molecule has 2 aromatic heterocycles. The van der Waals surface area contributed by atoms with Gasteiger partial charge in [0, 0.05) is 12.4 Å². The van der Waals surface area contributed by atoms with Crippen LogP contribution >= 0.6 is 23.7 Å². The van der Waals surface area contributed by atoms with Crippen molar-refractivity contribution in [2.45, 2.75) is 25.3 Å². The molecule has 144 valence electrons. The first-order valence-corrected chi connectivity index (χ1v) is 9.58. The molecule has 0 saturated carbocycles. The van der Waals surface area contributed by atoms with Gasteiger partial charge < -0.3 is 10.1 Å². The second-order valence-electron chi connectivity index (χ2n) is 6.27. The van der Waals surface area contributed by atoms with E-state index in [0.717, 1.165) is 29.1 Å². The highest BCUT2D eigenvalue weighted by Gasteiger charge is 2.42. The van der Waals surface area contributed by atoms with Gasteiger partial charge in [0.1, 0.15) is 11.3 Å². The number of nitrogens with zero attached hydrogens (tertiary/aromatic N) is 3. The third-order valence-corrected chi connectivity index (χ3v) is 5.62. The van der Waals surface area contributed by atoms with Crippen molar-refractivity contribution in [3.8, 4) is 5.75 Å². The van der Waals surface area contributed by atoms with Gasteiger partial charge in [0.15, 0.2) is 5.13 Å². The van der Waals surface area contributed by atoms with Crippen LogP contribution in [-0.4, -0.2) is 40.4 Å². The highest BCUT2D eigenvalue weighted by molar-refractivity contribution is 7.22. The number of aromatic nitrogens is 3. The number of thiazole rings is 1. The minimum Gasteiger partial charge on any atom is -0.494 e. The van der Waals surface area contributed by atoms with Crippen LogP contribution in [0.1, 0.15) is 19.8 Å². The van der Waals surface area contributed by atoms with E-state index >= 15 is 0 Å². The number of rotatable bonds is 5. The number of piperidine rings is 1. The SMILES string of the molecule is CCOc1ccc2nc(NC(=O)C3(n4cccn4)CCNCC3)sc2c1.Cl. The van der Waals surface area contributed by atoms with E-state index in [4.69, 9.17) is 4.74 Å². The topological polar surface area (TPSA) is 81.1 Å². The smallest absolute Gasteiger partial charge is 0.254 e. The maximum Gasteiger partial charge on any atom is 0.254 e. The molecule has 0 aliphatic carbocycles. The van der Waals surface area contributed by atoms with Crippen molar-refractivity contribution < 1.29 is 9.53 Å². The van der Waals surface area contributed by atoms with Crippen LogP contribution in [0.25, 0.3) is 10.2 Å². The van der Waals surface area contributed by atoms with Gasteiger partial charge in [-0.1, -0.05) is 11.3 Å². The van der Waals surface area contributed by atoms with Crippen LogP contribution in [0.4, 0.5) is 5.13 Å². The van der Waals surface area contributed by atoms with Crippen molar-refractivity contribution in [3.63, 3.8) is 0 Å². The van der Waals surface area contributed by atoms with E-state index in [9.17, 15) is 4.79 Å². The van der Waals surface area contributed by atoms with Gasteiger partial charge in [-0.05, 0) is 57.1 Å². The zero-order chi connectivity index (χ0) is 18.0. The number of halogens is 1. The molecule has 1 aromatic carbocycles. The van der Waals surface area contributed by atoms with Crippen LogP contribution in [0.15, 0.2) is 36.7 Å². The number of amides is 1. The maximum atomic E-state index is 13.2. The molecule has 1 aliphatic rings. The quantitative estimate of drug-likeness (QED) is 0.679. The Kier molecular flexibility index (Phi) is 5.98. The maximum absolute atomic E-state index is 13.2. The lowest BCUT2D eigenvalue weighted by molar-refractivity contribution is -0.126. The lowest BCUT2D eigenvalue weighted by atomic mass is 9.87. The predicted octanol–water partition coefficient (Wildman–Crippen LogP) is 3.03. The summed E-state index contributed by atoms with van der Waals surface area (Å²) in [6, 6.07) is 7.62. The average Bonchev–Trinajstić information content (AvgIpc) is 3.32. The Hall–Kier alpha value is -2.16. The van der Waals surface area contributed by atoms with Gasteiger partial charge in [-0.2, -0.15) is 5.10 Å². The molecule has 9 heteroatoms. The van der Waals surface area contributed by atoms with Gasteiger partial charge in [0.2, 0.25) is 0 Å². The van der Waals surface area contributed by atoms with Gasteiger partial charge in [-0.3, -0.25) is 14.8 Å². The van der Waals surface area contributed by atoms with Gasteiger partial charge in [-0.25, -0.2) is 4.98 Å². The molecular weight excluding hydrogens is 386 g/mol. The number of hydrogen-bond donors (Lipinski definition) is 2. The van der Waals surface area contributed by atoms with E-state index in [0.29, 0.717) is 24.6 Å². The Bertz CT molecular complexity index is 906. The summed E-state index contributed by atoms with van der Waals surface area (Å²) in [6.45, 7) is 4.14. The van der Waals surface area contributed by atoms with E-state index in [1.165, 1.54) is 11.3 Å². The summed E-state index contributed by atoms with van der Waals surface area (Å²) in [4.78, 5) is 17.7. The van der Waals surface area contributed by atoms with E-state index in [1.54, 1.807) is 10.9 Å². The summed E-state index contributed by atoms with van der Waals surface area (Å²) in [5.74, 6) is 0.750. The Labute approximate surface area is 167 Å². The van der Waals surface area contributed by atoms with E-state index in [2.05, 4.69) is 20.7 Å². The molecule has 0 spiro atoms. The summed E-state index contributed by atoms with van der Waals surface area (Å²) >= 11 is 1.46. The van der Waals surface area contributed by atoms with Crippen molar-refractivity contribution in [2.24, 2.45) is 0 Å². The Morgan fingerprint density at radius 2 is 2.22 bits per heavy atom. The molecular formula is C18H22ClN5O2S. The minimum absolute atomic E-state index is 0. The largest absolute Gasteiger partial charge is 0.494 e. The van der Waals surface area contributed by atoms with Gasteiger partial charge in [0.05, 0.1) is 16.8 Å². The number of anilines is 1. The molecule has 1 fully saturated rings. The third kappa shape index (κ3) is 3.78. The molecule has 0 atom stereocenters. The Morgan fingerprint density at radius 3 is 2.93 bits per heavy atom. The summed E-state index contributed by atoms with van der Waals surface area (Å²) in [5.41, 5.74) is 0.176. The average molecular weight is 408 g/mol. The summed E-state index contributed by atoms with van der Waals surface area (Å²) in [7, 11) is 0. The zero-order valence-corrected chi connectivity index (χ0v) is 16.6. The van der Waals surface area contributed by atoms with Crippen LogP contribution in [0.3, 0.4) is 0 Å². The Balaban J connectivity index is 0.00000210. The molecule has 0 radical (unpaired) electrons. The summed E-state index contributed by atoms with van der Waals surface area (Å²) in [6.07, 6.45) is 4.96. The van der Waals surface area contributed by atoms with Crippen LogP contribution in [-0.2, 0) is 10.3 Å². The second kappa shape index (κ2) is 8.24. The normalized spacial score (nSPS) is 15.9. The number of benzene rings is 1. The number of ether oxygens (including phenoxy) is 1. The first-order chi connectivity index (χ1) is 12.7. The van der Waals surface area contributed by atoms with Crippen molar-refractivity contribution >= 4 is 45.0 Å². The molecule has 2 N–H and O–H groups in total. The van der Waals surface area contributed by atoms with E-state index in [-0.39, 0.29) is 18.3 Å². The Morgan fingerprint density at radius 1 is 1.41 bits per heavy atom. The molecule has 1 saturated heterocycles. The summed E-state index contributed by atoms with van der Waals surface area (Å²) in [5, 5.41) is 11.3. The van der Waals surface area contributed by atoms with Crippen molar-refractivity contribution in [2.75, 3.05) is 25.0 Å². The molecule has 1 amide bonds. The van der Waals surface area contributed by atoms with Crippen LogP contribution in [0.5, 0.6) is 5.75 Å². The summed E-state index contributed by atoms with van der Waals surface area (Å²) < 4.78 is 8.31. The molecule has 3 heterocycles. The first kappa shape index (κ1) is 19.6. The van der Waals surface area contributed by atoms with Gasteiger partial charge in [0.25, 0.3) is 5.91 Å². The predicted molar refractivity (Wildman–Crippen MR) is 109 cm³/mol. The van der Waals surface area contributed by atoms with Gasteiger partial charge >= 0.3 is 0 Å². The fourth-order valence-corrected chi connectivity index (χ4v) is 4.24. The third-order valence-electron chi connectivity index (χ3n) is 4.69. The number of nitrogens with one attached hydrogen (secondary N) is 2. The zero-order valence-electron chi connectivity index (χ0n) is 15.0. The van der Waals surface area contributed by atoms with Crippen molar-refractivity contribution in [1.82, 2.24) is 20.1 Å².